The second kappa shape index (κ2) is 8.06. The van der Waals surface area contributed by atoms with Gasteiger partial charge in [0, 0.05) is 12.1 Å². The third-order valence-electron chi connectivity index (χ3n) is 3.81. The minimum Gasteiger partial charge on any atom is -0.483 e. The van der Waals surface area contributed by atoms with Gasteiger partial charge in [0.25, 0.3) is 5.91 Å². The van der Waals surface area contributed by atoms with E-state index < -0.39 is 0 Å². The SMILES string of the molecule is CCC(C)c1ccccc1OCC(=O)N(C(C)C)C(C)C. The van der Waals surface area contributed by atoms with Gasteiger partial charge in [-0.25, -0.2) is 0 Å². The largest absolute Gasteiger partial charge is 0.483 e. The van der Waals surface area contributed by atoms with Crippen molar-refractivity contribution in [1.82, 2.24) is 4.90 Å². The maximum Gasteiger partial charge on any atom is 0.260 e. The van der Waals surface area contributed by atoms with Gasteiger partial charge in [-0.3, -0.25) is 4.79 Å². The molecule has 0 saturated heterocycles. The molecule has 1 atom stereocenters. The maximum atomic E-state index is 12.4. The molecule has 0 N–H and O–H groups in total. The summed E-state index contributed by atoms with van der Waals surface area (Å²) in [6, 6.07) is 8.37. The fraction of sp³-hybridized carbons (Fsp3) is 0.611. The van der Waals surface area contributed by atoms with Crippen molar-refractivity contribution in [3.05, 3.63) is 29.8 Å². The molecule has 0 spiro atoms. The van der Waals surface area contributed by atoms with Gasteiger partial charge in [0.2, 0.25) is 0 Å². The lowest BCUT2D eigenvalue weighted by atomic mass is 9.98. The summed E-state index contributed by atoms with van der Waals surface area (Å²) in [6.45, 7) is 12.6. The number of carbonyl (C=O) groups excluding carboxylic acids is 1. The average molecular weight is 291 g/mol. The zero-order valence-electron chi connectivity index (χ0n) is 14.2. The molecular formula is C18H29NO2. The highest BCUT2D eigenvalue weighted by Gasteiger charge is 2.21. The lowest BCUT2D eigenvalue weighted by Gasteiger charge is -2.30. The van der Waals surface area contributed by atoms with Gasteiger partial charge < -0.3 is 9.64 Å². The summed E-state index contributed by atoms with van der Waals surface area (Å²) in [4.78, 5) is 14.2. The van der Waals surface area contributed by atoms with Crippen LogP contribution in [0.25, 0.3) is 0 Å². The molecule has 1 aromatic carbocycles. The normalized spacial score (nSPS) is 12.6. The number of rotatable bonds is 7. The van der Waals surface area contributed by atoms with Crippen LogP contribution in [0, 0.1) is 0 Å². The molecule has 0 radical (unpaired) electrons. The van der Waals surface area contributed by atoms with Crippen LogP contribution < -0.4 is 4.74 Å². The van der Waals surface area contributed by atoms with Crippen molar-refractivity contribution in [2.45, 2.75) is 66.0 Å². The number of ether oxygens (including phenoxy) is 1. The van der Waals surface area contributed by atoms with Crippen LogP contribution in [-0.2, 0) is 4.79 Å². The van der Waals surface area contributed by atoms with Crippen molar-refractivity contribution in [2.24, 2.45) is 0 Å². The highest BCUT2D eigenvalue weighted by Crippen LogP contribution is 2.28. The molecule has 0 bridgehead atoms. The van der Waals surface area contributed by atoms with Crippen molar-refractivity contribution >= 4 is 5.91 Å². The van der Waals surface area contributed by atoms with Crippen LogP contribution >= 0.6 is 0 Å². The minimum absolute atomic E-state index is 0.0407. The summed E-state index contributed by atoms with van der Waals surface area (Å²) < 4.78 is 5.81. The van der Waals surface area contributed by atoms with Crippen LogP contribution in [0.1, 0.15) is 59.4 Å². The molecule has 3 nitrogen and oxygen atoms in total. The molecule has 0 saturated carbocycles. The van der Waals surface area contributed by atoms with E-state index in [9.17, 15) is 4.79 Å². The van der Waals surface area contributed by atoms with E-state index in [1.807, 2.05) is 50.8 Å². The summed E-state index contributed by atoms with van der Waals surface area (Å²) >= 11 is 0. The predicted octanol–water partition coefficient (Wildman–Crippen LogP) is 4.22. The van der Waals surface area contributed by atoms with Crippen LogP contribution in [0.4, 0.5) is 0 Å². The molecule has 0 heterocycles. The Bertz CT molecular complexity index is 446. The Hall–Kier alpha value is -1.51. The first-order valence-electron chi connectivity index (χ1n) is 7.91. The second-order valence-corrected chi connectivity index (χ2v) is 6.12. The number of carbonyl (C=O) groups is 1. The van der Waals surface area contributed by atoms with Crippen LogP contribution in [0.3, 0.4) is 0 Å². The van der Waals surface area contributed by atoms with Crippen molar-refractivity contribution in [3.8, 4) is 5.75 Å². The first-order valence-corrected chi connectivity index (χ1v) is 7.91. The molecule has 0 aliphatic heterocycles. The molecule has 1 rings (SSSR count). The molecule has 1 unspecified atom stereocenters. The van der Waals surface area contributed by atoms with Gasteiger partial charge in [-0.05, 0) is 51.7 Å². The zero-order valence-corrected chi connectivity index (χ0v) is 14.2. The first-order chi connectivity index (χ1) is 9.88. The van der Waals surface area contributed by atoms with Gasteiger partial charge in [-0.15, -0.1) is 0 Å². The third-order valence-corrected chi connectivity index (χ3v) is 3.81. The first kappa shape index (κ1) is 17.5. The molecule has 0 aliphatic rings. The molecule has 21 heavy (non-hydrogen) atoms. The van der Waals surface area contributed by atoms with Gasteiger partial charge in [-0.1, -0.05) is 32.0 Å². The lowest BCUT2D eigenvalue weighted by molar-refractivity contribution is -0.137. The Morgan fingerprint density at radius 3 is 2.19 bits per heavy atom. The van der Waals surface area contributed by atoms with Crippen LogP contribution in [0.5, 0.6) is 5.75 Å². The summed E-state index contributed by atoms with van der Waals surface area (Å²) in [6.07, 6.45) is 1.05. The number of amides is 1. The van der Waals surface area contributed by atoms with E-state index in [0.29, 0.717) is 5.92 Å². The monoisotopic (exact) mass is 291 g/mol. The van der Waals surface area contributed by atoms with Crippen LogP contribution in [0.2, 0.25) is 0 Å². The fourth-order valence-electron chi connectivity index (χ4n) is 2.63. The summed E-state index contributed by atoms with van der Waals surface area (Å²) in [7, 11) is 0. The number of hydrogen-bond acceptors (Lipinski definition) is 2. The van der Waals surface area contributed by atoms with Crippen molar-refractivity contribution in [1.29, 1.82) is 0 Å². The Labute approximate surface area is 129 Å². The Balaban J connectivity index is 2.77. The summed E-state index contributed by atoms with van der Waals surface area (Å²) in [5.41, 5.74) is 1.17. The summed E-state index contributed by atoms with van der Waals surface area (Å²) in [5.74, 6) is 1.30. The average Bonchev–Trinajstić information content (AvgIpc) is 2.43. The van der Waals surface area contributed by atoms with Crippen molar-refractivity contribution in [3.63, 3.8) is 0 Å². The Kier molecular flexibility index (Phi) is 6.73. The number of para-hydroxylation sites is 1. The molecule has 1 amide bonds. The minimum atomic E-state index is 0.0407. The van der Waals surface area contributed by atoms with E-state index in [4.69, 9.17) is 4.74 Å². The molecule has 0 aromatic heterocycles. The number of nitrogens with zero attached hydrogens (tertiary/aromatic N) is 1. The van der Waals surface area contributed by atoms with E-state index >= 15 is 0 Å². The topological polar surface area (TPSA) is 29.5 Å². The molecule has 118 valence electrons. The van der Waals surface area contributed by atoms with Gasteiger partial charge in [0.1, 0.15) is 5.75 Å². The predicted molar refractivity (Wildman–Crippen MR) is 87.8 cm³/mol. The van der Waals surface area contributed by atoms with Crippen LogP contribution in [-0.4, -0.2) is 29.5 Å². The second-order valence-electron chi connectivity index (χ2n) is 6.12. The molecule has 0 fully saturated rings. The Morgan fingerprint density at radius 2 is 1.67 bits per heavy atom. The fourth-order valence-corrected chi connectivity index (χ4v) is 2.63. The van der Waals surface area contributed by atoms with E-state index in [-0.39, 0.29) is 24.6 Å². The highest BCUT2D eigenvalue weighted by atomic mass is 16.5. The smallest absolute Gasteiger partial charge is 0.260 e. The molecule has 1 aromatic rings. The van der Waals surface area contributed by atoms with E-state index in [2.05, 4.69) is 19.9 Å². The summed E-state index contributed by atoms with van der Waals surface area (Å²) in [5, 5.41) is 0. The van der Waals surface area contributed by atoms with Crippen molar-refractivity contribution < 1.29 is 9.53 Å². The molecule has 3 heteroatoms. The van der Waals surface area contributed by atoms with Crippen molar-refractivity contribution in [2.75, 3.05) is 6.61 Å². The standard InChI is InChI=1S/C18H29NO2/c1-7-15(6)16-10-8-9-11-17(16)21-12-18(20)19(13(2)3)14(4)5/h8-11,13-15H,7,12H2,1-6H3. The van der Waals surface area contributed by atoms with Gasteiger partial charge in [-0.2, -0.15) is 0 Å². The highest BCUT2D eigenvalue weighted by molar-refractivity contribution is 5.78. The third kappa shape index (κ3) is 4.76. The molecular weight excluding hydrogens is 262 g/mol. The van der Waals surface area contributed by atoms with Gasteiger partial charge >= 0.3 is 0 Å². The Morgan fingerprint density at radius 1 is 1.10 bits per heavy atom. The van der Waals surface area contributed by atoms with E-state index in [0.717, 1.165) is 12.2 Å². The number of hydrogen-bond donors (Lipinski definition) is 0. The quantitative estimate of drug-likeness (QED) is 0.752. The lowest BCUT2D eigenvalue weighted by Crippen LogP contribution is -2.44. The van der Waals surface area contributed by atoms with Gasteiger partial charge in [0.05, 0.1) is 0 Å². The van der Waals surface area contributed by atoms with E-state index in [1.54, 1.807) is 0 Å². The number of benzene rings is 1. The zero-order chi connectivity index (χ0) is 16.0. The van der Waals surface area contributed by atoms with Crippen LogP contribution in [0.15, 0.2) is 24.3 Å². The molecule has 0 aliphatic carbocycles. The maximum absolute atomic E-state index is 12.4. The van der Waals surface area contributed by atoms with Gasteiger partial charge in [0.15, 0.2) is 6.61 Å². The van der Waals surface area contributed by atoms with E-state index in [1.165, 1.54) is 5.56 Å².